The van der Waals surface area contributed by atoms with Crippen LogP contribution < -0.4 is 11.1 Å². The van der Waals surface area contributed by atoms with Crippen LogP contribution >= 0.6 is 39.7 Å². The van der Waals surface area contributed by atoms with E-state index in [4.69, 9.17) is 29.6 Å². The van der Waals surface area contributed by atoms with E-state index in [-0.39, 0.29) is 10.0 Å². The maximum atomic E-state index is 13.1. The van der Waals surface area contributed by atoms with E-state index in [9.17, 15) is 4.39 Å². The van der Waals surface area contributed by atoms with Crippen LogP contribution in [0.15, 0.2) is 34.8 Å². The molecule has 0 saturated carbocycles. The Balaban J connectivity index is 2.36. The highest BCUT2D eigenvalue weighted by Gasteiger charge is 2.09. The molecule has 3 nitrogen and oxygen atoms in total. The van der Waals surface area contributed by atoms with Gasteiger partial charge in [-0.15, -0.1) is 0 Å². The van der Waals surface area contributed by atoms with Crippen molar-refractivity contribution in [1.82, 2.24) is 4.98 Å². The lowest BCUT2D eigenvalue weighted by molar-refractivity contribution is 0.627. The number of nitrogens with zero attached hydrogens (tertiary/aromatic N) is 1. The fraction of sp³-hybridized carbons (Fsp3) is 0. The summed E-state index contributed by atoms with van der Waals surface area (Å²) < 4.78 is 13.6. The minimum Gasteiger partial charge on any atom is -0.388 e. The average molecular weight is 361 g/mol. The van der Waals surface area contributed by atoms with E-state index in [1.807, 2.05) is 0 Å². The number of anilines is 2. The molecule has 3 N–H and O–H groups in total. The SMILES string of the molecule is NC(=S)c1cccc(Nc2c(Cl)cc(F)cc2Br)n1. The molecule has 7 heteroatoms. The Labute approximate surface area is 128 Å². The third-order valence-corrected chi connectivity index (χ3v) is 3.39. The fourth-order valence-corrected chi connectivity index (χ4v) is 2.44. The number of halogens is 3. The van der Waals surface area contributed by atoms with E-state index < -0.39 is 5.82 Å². The first-order chi connectivity index (χ1) is 8.97. The second-order valence-electron chi connectivity index (χ2n) is 3.64. The van der Waals surface area contributed by atoms with Crippen molar-refractivity contribution in [1.29, 1.82) is 0 Å². The van der Waals surface area contributed by atoms with Gasteiger partial charge in [0.25, 0.3) is 0 Å². The molecule has 1 heterocycles. The van der Waals surface area contributed by atoms with E-state index in [1.165, 1.54) is 12.1 Å². The summed E-state index contributed by atoms with van der Waals surface area (Å²) in [7, 11) is 0. The van der Waals surface area contributed by atoms with Gasteiger partial charge in [0.05, 0.1) is 16.4 Å². The molecule has 19 heavy (non-hydrogen) atoms. The summed E-state index contributed by atoms with van der Waals surface area (Å²) in [5.41, 5.74) is 6.53. The fourth-order valence-electron chi connectivity index (χ4n) is 1.43. The van der Waals surface area contributed by atoms with Crippen molar-refractivity contribution in [3.05, 3.63) is 51.3 Å². The molecule has 0 unspecified atom stereocenters. The van der Waals surface area contributed by atoms with Gasteiger partial charge in [0.2, 0.25) is 0 Å². The van der Waals surface area contributed by atoms with Crippen molar-refractivity contribution in [2.24, 2.45) is 5.73 Å². The number of pyridine rings is 1. The second-order valence-corrected chi connectivity index (χ2v) is 5.34. The molecule has 0 radical (unpaired) electrons. The standard InChI is InChI=1S/C12H8BrClFN3S/c13-7-4-6(15)5-8(14)11(7)18-10-3-1-2-9(17-10)12(16)19/h1-5H,(H2,16,19)(H,17,18). The second kappa shape index (κ2) is 5.81. The van der Waals surface area contributed by atoms with Crippen LogP contribution in [-0.4, -0.2) is 9.97 Å². The van der Waals surface area contributed by atoms with Crippen molar-refractivity contribution in [3.8, 4) is 0 Å². The topological polar surface area (TPSA) is 50.9 Å². The lowest BCUT2D eigenvalue weighted by atomic mass is 10.3. The number of rotatable bonds is 3. The summed E-state index contributed by atoms with van der Waals surface area (Å²) in [6, 6.07) is 7.72. The molecule has 2 aromatic rings. The van der Waals surface area contributed by atoms with Crippen LogP contribution in [0.4, 0.5) is 15.9 Å². The molecule has 0 amide bonds. The van der Waals surface area contributed by atoms with E-state index in [0.717, 1.165) is 0 Å². The van der Waals surface area contributed by atoms with Crippen LogP contribution in [0.2, 0.25) is 5.02 Å². The predicted octanol–water partition coefficient (Wildman–Crippen LogP) is 4.01. The van der Waals surface area contributed by atoms with Gasteiger partial charge in [-0.25, -0.2) is 9.37 Å². The zero-order valence-corrected chi connectivity index (χ0v) is 12.6. The lowest BCUT2D eigenvalue weighted by Crippen LogP contribution is -2.12. The summed E-state index contributed by atoms with van der Waals surface area (Å²) in [4.78, 5) is 4.42. The maximum Gasteiger partial charge on any atom is 0.131 e. The lowest BCUT2D eigenvalue weighted by Gasteiger charge is -2.11. The Kier molecular flexibility index (Phi) is 4.34. The molecule has 0 saturated heterocycles. The molecule has 0 fully saturated rings. The van der Waals surface area contributed by atoms with Gasteiger partial charge >= 0.3 is 0 Å². The highest BCUT2D eigenvalue weighted by Crippen LogP contribution is 2.33. The summed E-state index contributed by atoms with van der Waals surface area (Å²) in [6.07, 6.45) is 0. The minimum atomic E-state index is -0.424. The zero-order valence-electron chi connectivity index (χ0n) is 9.45. The molecule has 0 bridgehead atoms. The predicted molar refractivity (Wildman–Crippen MR) is 82.5 cm³/mol. The van der Waals surface area contributed by atoms with Crippen LogP contribution in [0.5, 0.6) is 0 Å². The van der Waals surface area contributed by atoms with Crippen LogP contribution in [0.25, 0.3) is 0 Å². The first kappa shape index (κ1) is 14.2. The van der Waals surface area contributed by atoms with E-state index in [1.54, 1.807) is 18.2 Å². The quantitative estimate of drug-likeness (QED) is 0.812. The number of aromatic nitrogens is 1. The minimum absolute atomic E-state index is 0.202. The largest absolute Gasteiger partial charge is 0.388 e. The zero-order chi connectivity index (χ0) is 14.0. The Morgan fingerprint density at radius 2 is 2.16 bits per heavy atom. The van der Waals surface area contributed by atoms with Crippen LogP contribution in [0.3, 0.4) is 0 Å². The van der Waals surface area contributed by atoms with Gasteiger partial charge in [-0.1, -0.05) is 29.9 Å². The summed E-state index contributed by atoms with van der Waals surface area (Å²) in [5.74, 6) is 0.0896. The number of nitrogens with two attached hydrogens (primary N) is 1. The maximum absolute atomic E-state index is 13.1. The van der Waals surface area contributed by atoms with Crippen molar-refractivity contribution >= 4 is 56.2 Å². The number of benzene rings is 1. The van der Waals surface area contributed by atoms with E-state index in [0.29, 0.717) is 21.7 Å². The van der Waals surface area contributed by atoms with Gasteiger partial charge in [0, 0.05) is 4.47 Å². The first-order valence-corrected chi connectivity index (χ1v) is 6.73. The molecule has 0 aliphatic heterocycles. The molecule has 0 atom stereocenters. The van der Waals surface area contributed by atoms with Gasteiger partial charge in [0.1, 0.15) is 16.6 Å². The Morgan fingerprint density at radius 1 is 1.42 bits per heavy atom. The number of thiocarbonyl (C=S) groups is 1. The smallest absolute Gasteiger partial charge is 0.131 e. The molecule has 0 spiro atoms. The average Bonchev–Trinajstić information content (AvgIpc) is 2.34. The monoisotopic (exact) mass is 359 g/mol. The normalized spacial score (nSPS) is 10.3. The van der Waals surface area contributed by atoms with Crippen LogP contribution in [-0.2, 0) is 0 Å². The molecule has 0 aliphatic carbocycles. The van der Waals surface area contributed by atoms with Crippen LogP contribution in [0.1, 0.15) is 5.69 Å². The van der Waals surface area contributed by atoms with Crippen LogP contribution in [0, 0.1) is 5.82 Å². The van der Waals surface area contributed by atoms with Crippen molar-refractivity contribution in [2.45, 2.75) is 0 Å². The Hall–Kier alpha value is -1.24. The van der Waals surface area contributed by atoms with Gasteiger partial charge < -0.3 is 11.1 Å². The Bertz CT molecular complexity index is 628. The summed E-state index contributed by atoms with van der Waals surface area (Å²) >= 11 is 14.1. The third kappa shape index (κ3) is 3.40. The van der Waals surface area contributed by atoms with Crippen molar-refractivity contribution in [3.63, 3.8) is 0 Å². The molecular weight excluding hydrogens is 353 g/mol. The van der Waals surface area contributed by atoms with Crippen molar-refractivity contribution < 1.29 is 4.39 Å². The number of nitrogens with one attached hydrogen (secondary N) is 1. The van der Waals surface area contributed by atoms with Gasteiger partial charge in [-0.3, -0.25) is 0 Å². The first-order valence-electron chi connectivity index (χ1n) is 5.16. The summed E-state index contributed by atoms with van der Waals surface area (Å²) in [6.45, 7) is 0. The summed E-state index contributed by atoms with van der Waals surface area (Å²) in [5, 5.41) is 3.24. The van der Waals surface area contributed by atoms with Gasteiger partial charge in [-0.05, 0) is 40.2 Å². The third-order valence-electron chi connectivity index (χ3n) is 2.26. The van der Waals surface area contributed by atoms with E-state index >= 15 is 0 Å². The molecule has 1 aromatic carbocycles. The molecule has 1 aromatic heterocycles. The highest BCUT2D eigenvalue weighted by molar-refractivity contribution is 9.10. The van der Waals surface area contributed by atoms with Crippen molar-refractivity contribution in [2.75, 3.05) is 5.32 Å². The molecular formula is C12H8BrClFN3S. The molecule has 98 valence electrons. The highest BCUT2D eigenvalue weighted by atomic mass is 79.9. The van der Waals surface area contributed by atoms with Gasteiger partial charge in [-0.2, -0.15) is 0 Å². The Morgan fingerprint density at radius 3 is 2.79 bits per heavy atom. The molecule has 0 aliphatic rings. The number of hydrogen-bond acceptors (Lipinski definition) is 3. The van der Waals surface area contributed by atoms with E-state index in [2.05, 4.69) is 26.2 Å². The molecule has 2 rings (SSSR count). The van der Waals surface area contributed by atoms with Gasteiger partial charge in [0.15, 0.2) is 0 Å². The number of hydrogen-bond donors (Lipinski definition) is 2.